The monoisotopic (exact) mass is 245 g/mol. The second-order valence-electron chi connectivity index (χ2n) is 4.69. The number of benzene rings is 1. The lowest BCUT2D eigenvalue weighted by atomic mass is 10.1. The molecule has 0 heterocycles. The highest BCUT2D eigenvalue weighted by Crippen LogP contribution is 2.24. The first-order chi connectivity index (χ1) is 8.63. The van der Waals surface area contributed by atoms with Crippen molar-refractivity contribution in [2.24, 2.45) is 0 Å². The Morgan fingerprint density at radius 1 is 1.39 bits per heavy atom. The second-order valence-corrected chi connectivity index (χ2v) is 4.69. The van der Waals surface area contributed by atoms with Gasteiger partial charge in [-0.15, -0.1) is 0 Å². The number of nitrogen functional groups attached to an aromatic ring is 1. The molecule has 1 atom stereocenters. The molecule has 1 rings (SSSR count). The maximum atomic E-state index is 8.90. The quantitative estimate of drug-likeness (QED) is 0.780. The molecule has 0 bridgehead atoms. The molecule has 0 aliphatic rings. The highest BCUT2D eigenvalue weighted by Gasteiger charge is 2.13. The average molecular weight is 245 g/mol. The van der Waals surface area contributed by atoms with Crippen molar-refractivity contribution in [3.63, 3.8) is 0 Å². The highest BCUT2D eigenvalue weighted by molar-refractivity contribution is 5.63. The molecule has 1 unspecified atom stereocenters. The van der Waals surface area contributed by atoms with Crippen LogP contribution in [0.2, 0.25) is 0 Å². The van der Waals surface area contributed by atoms with Gasteiger partial charge in [-0.2, -0.15) is 5.26 Å². The topological polar surface area (TPSA) is 53.0 Å². The van der Waals surface area contributed by atoms with Gasteiger partial charge in [0.1, 0.15) is 6.07 Å². The molecule has 1 aromatic rings. The van der Waals surface area contributed by atoms with Crippen molar-refractivity contribution < 1.29 is 0 Å². The first kappa shape index (κ1) is 14.4. The normalized spacial score (nSPS) is 11.9. The second kappa shape index (κ2) is 6.90. The van der Waals surface area contributed by atoms with Gasteiger partial charge in [0.2, 0.25) is 0 Å². The summed E-state index contributed by atoms with van der Waals surface area (Å²) in [7, 11) is 0. The molecular weight excluding hydrogens is 222 g/mol. The van der Waals surface area contributed by atoms with Gasteiger partial charge in [-0.1, -0.05) is 20.3 Å². The smallest absolute Gasteiger partial charge is 0.101 e. The zero-order valence-corrected chi connectivity index (χ0v) is 11.6. The fraction of sp³-hybridized carbons (Fsp3) is 0.533. The molecule has 0 aromatic heterocycles. The highest BCUT2D eigenvalue weighted by atomic mass is 15.2. The lowest BCUT2D eigenvalue weighted by Crippen LogP contribution is -2.33. The number of hydrogen-bond acceptors (Lipinski definition) is 3. The predicted molar refractivity (Wildman–Crippen MR) is 77.6 cm³/mol. The lowest BCUT2D eigenvalue weighted by molar-refractivity contribution is 0.596. The molecule has 0 radical (unpaired) electrons. The van der Waals surface area contributed by atoms with E-state index < -0.39 is 0 Å². The summed E-state index contributed by atoms with van der Waals surface area (Å²) in [5, 5.41) is 8.90. The van der Waals surface area contributed by atoms with Crippen molar-refractivity contribution in [1.82, 2.24) is 0 Å². The van der Waals surface area contributed by atoms with Crippen LogP contribution in [0.4, 0.5) is 11.4 Å². The van der Waals surface area contributed by atoms with Crippen LogP contribution in [0.3, 0.4) is 0 Å². The van der Waals surface area contributed by atoms with E-state index in [0.29, 0.717) is 17.3 Å². The number of nitrogens with two attached hydrogens (primary N) is 1. The standard InChI is InChI=1S/C15H23N3/c1-4-6-9-18(12(3)5-2)14-8-7-13(11-16)15(17)10-14/h7-8,10,12H,4-6,9,17H2,1-3H3. The molecule has 0 saturated carbocycles. The number of hydrogen-bond donors (Lipinski definition) is 1. The van der Waals surface area contributed by atoms with Gasteiger partial charge in [-0.3, -0.25) is 0 Å². The molecular formula is C15H23N3. The Morgan fingerprint density at radius 3 is 2.61 bits per heavy atom. The first-order valence-electron chi connectivity index (χ1n) is 6.70. The van der Waals surface area contributed by atoms with Crippen molar-refractivity contribution in [3.05, 3.63) is 23.8 Å². The zero-order chi connectivity index (χ0) is 13.5. The summed E-state index contributed by atoms with van der Waals surface area (Å²) in [4.78, 5) is 2.38. The van der Waals surface area contributed by atoms with E-state index in [4.69, 9.17) is 11.0 Å². The van der Waals surface area contributed by atoms with Gasteiger partial charge in [0, 0.05) is 18.3 Å². The van der Waals surface area contributed by atoms with Crippen molar-refractivity contribution in [3.8, 4) is 6.07 Å². The molecule has 0 aliphatic heterocycles. The fourth-order valence-electron chi connectivity index (χ4n) is 1.98. The Kier molecular flexibility index (Phi) is 5.51. The minimum Gasteiger partial charge on any atom is -0.398 e. The molecule has 0 aliphatic carbocycles. The Hall–Kier alpha value is -1.69. The minimum absolute atomic E-state index is 0.490. The van der Waals surface area contributed by atoms with Crippen LogP contribution in [0.15, 0.2) is 18.2 Å². The van der Waals surface area contributed by atoms with Crippen molar-refractivity contribution >= 4 is 11.4 Å². The van der Waals surface area contributed by atoms with Crippen LogP contribution < -0.4 is 10.6 Å². The van der Waals surface area contributed by atoms with Crippen LogP contribution >= 0.6 is 0 Å². The average Bonchev–Trinajstić information content (AvgIpc) is 2.39. The maximum Gasteiger partial charge on any atom is 0.101 e. The van der Waals surface area contributed by atoms with Gasteiger partial charge < -0.3 is 10.6 Å². The molecule has 1 aromatic carbocycles. The van der Waals surface area contributed by atoms with Crippen LogP contribution in [0, 0.1) is 11.3 Å². The van der Waals surface area contributed by atoms with Gasteiger partial charge in [0.15, 0.2) is 0 Å². The molecule has 18 heavy (non-hydrogen) atoms. The van der Waals surface area contributed by atoms with E-state index in [0.717, 1.165) is 18.7 Å². The predicted octanol–water partition coefficient (Wildman–Crippen LogP) is 3.55. The number of anilines is 2. The summed E-state index contributed by atoms with van der Waals surface area (Å²) in [6.45, 7) is 7.65. The minimum atomic E-state index is 0.490. The fourth-order valence-corrected chi connectivity index (χ4v) is 1.98. The summed E-state index contributed by atoms with van der Waals surface area (Å²) < 4.78 is 0. The first-order valence-corrected chi connectivity index (χ1v) is 6.70. The molecule has 3 nitrogen and oxygen atoms in total. The zero-order valence-electron chi connectivity index (χ0n) is 11.6. The van der Waals surface area contributed by atoms with E-state index in [2.05, 4.69) is 31.7 Å². The maximum absolute atomic E-state index is 8.90. The van der Waals surface area contributed by atoms with E-state index in [1.54, 1.807) is 0 Å². The summed E-state index contributed by atoms with van der Waals surface area (Å²) >= 11 is 0. The van der Waals surface area contributed by atoms with Gasteiger partial charge in [0.25, 0.3) is 0 Å². The summed E-state index contributed by atoms with van der Waals surface area (Å²) in [6, 6.07) is 8.32. The molecule has 0 fully saturated rings. The number of rotatable bonds is 6. The number of nitrogens with zero attached hydrogens (tertiary/aromatic N) is 2. The Morgan fingerprint density at radius 2 is 2.11 bits per heavy atom. The van der Waals surface area contributed by atoms with Crippen LogP contribution in [0.25, 0.3) is 0 Å². The molecule has 0 amide bonds. The van der Waals surface area contributed by atoms with E-state index in [1.807, 2.05) is 18.2 Å². The molecule has 2 N–H and O–H groups in total. The van der Waals surface area contributed by atoms with E-state index >= 15 is 0 Å². The summed E-state index contributed by atoms with van der Waals surface area (Å²) in [5.41, 5.74) is 8.13. The van der Waals surface area contributed by atoms with E-state index in [-0.39, 0.29) is 0 Å². The van der Waals surface area contributed by atoms with Crippen molar-refractivity contribution in [1.29, 1.82) is 5.26 Å². The molecule has 98 valence electrons. The summed E-state index contributed by atoms with van der Waals surface area (Å²) in [5.74, 6) is 0. The largest absolute Gasteiger partial charge is 0.398 e. The Bertz CT molecular complexity index is 420. The van der Waals surface area contributed by atoms with Gasteiger partial charge in [-0.05, 0) is 38.0 Å². The molecule has 0 spiro atoms. The third kappa shape index (κ3) is 3.40. The third-order valence-corrected chi connectivity index (χ3v) is 3.36. The van der Waals surface area contributed by atoms with E-state index in [1.165, 1.54) is 12.8 Å². The van der Waals surface area contributed by atoms with Gasteiger partial charge >= 0.3 is 0 Å². The Balaban J connectivity index is 2.98. The van der Waals surface area contributed by atoms with E-state index in [9.17, 15) is 0 Å². The summed E-state index contributed by atoms with van der Waals surface area (Å²) in [6.07, 6.45) is 3.45. The van der Waals surface area contributed by atoms with Crippen LogP contribution in [-0.2, 0) is 0 Å². The third-order valence-electron chi connectivity index (χ3n) is 3.36. The van der Waals surface area contributed by atoms with Crippen LogP contribution in [0.5, 0.6) is 0 Å². The van der Waals surface area contributed by atoms with Gasteiger partial charge in [-0.25, -0.2) is 0 Å². The SMILES string of the molecule is CCCCN(c1ccc(C#N)c(N)c1)C(C)CC. The van der Waals surface area contributed by atoms with Crippen LogP contribution in [0.1, 0.15) is 45.6 Å². The molecule has 3 heteroatoms. The Labute approximate surface area is 110 Å². The number of unbranched alkanes of at least 4 members (excludes halogenated alkanes) is 1. The van der Waals surface area contributed by atoms with Gasteiger partial charge in [0.05, 0.1) is 11.3 Å². The van der Waals surface area contributed by atoms with Crippen molar-refractivity contribution in [2.75, 3.05) is 17.2 Å². The van der Waals surface area contributed by atoms with Crippen molar-refractivity contribution in [2.45, 2.75) is 46.1 Å². The van der Waals surface area contributed by atoms with Crippen LogP contribution in [-0.4, -0.2) is 12.6 Å². The number of nitriles is 1. The molecule has 0 saturated heterocycles. The lowest BCUT2D eigenvalue weighted by Gasteiger charge is -2.31.